The second-order valence-corrected chi connectivity index (χ2v) is 6.39. The lowest BCUT2D eigenvalue weighted by Gasteiger charge is -2.13. The Bertz CT molecular complexity index is 476. The molecule has 2 unspecified atom stereocenters. The van der Waals surface area contributed by atoms with Gasteiger partial charge in [-0.05, 0) is 37.7 Å². The molecule has 1 aliphatic carbocycles. The van der Waals surface area contributed by atoms with Crippen molar-refractivity contribution in [3.05, 3.63) is 36.5 Å². The quantitative estimate of drug-likeness (QED) is 0.417. The summed E-state index contributed by atoms with van der Waals surface area (Å²) in [6.07, 6.45) is 17.0. The number of ketones is 1. The minimum atomic E-state index is -0.768. The average molecular weight is 334 g/mol. The van der Waals surface area contributed by atoms with Crippen LogP contribution in [-0.4, -0.2) is 28.1 Å². The number of aliphatic hydroxyl groups is 1. The summed E-state index contributed by atoms with van der Waals surface area (Å²) in [6.45, 7) is 2.13. The maximum Gasteiger partial charge on any atom is 0.303 e. The lowest BCUT2D eigenvalue weighted by Crippen LogP contribution is -2.14. The molecule has 134 valence electrons. The molecule has 24 heavy (non-hydrogen) atoms. The first-order valence-electron chi connectivity index (χ1n) is 8.99. The van der Waals surface area contributed by atoms with Crippen molar-refractivity contribution in [1.82, 2.24) is 0 Å². The summed E-state index contributed by atoms with van der Waals surface area (Å²) in [6, 6.07) is 0. The number of hydrogen-bond donors (Lipinski definition) is 2. The van der Waals surface area contributed by atoms with Crippen molar-refractivity contribution >= 4 is 11.8 Å². The van der Waals surface area contributed by atoms with E-state index < -0.39 is 12.1 Å². The fraction of sp³-hybridized carbons (Fsp3) is 0.600. The second-order valence-electron chi connectivity index (χ2n) is 6.39. The van der Waals surface area contributed by atoms with Gasteiger partial charge in [-0.2, -0.15) is 0 Å². The zero-order valence-electron chi connectivity index (χ0n) is 14.6. The number of unbranched alkanes of at least 4 members (excludes halogenated alkanes) is 3. The van der Waals surface area contributed by atoms with Crippen LogP contribution < -0.4 is 0 Å². The number of carbonyl (C=O) groups is 2. The molecule has 0 saturated heterocycles. The third kappa shape index (κ3) is 8.25. The third-order valence-electron chi connectivity index (χ3n) is 4.28. The van der Waals surface area contributed by atoms with Crippen molar-refractivity contribution in [2.24, 2.45) is 11.8 Å². The van der Waals surface area contributed by atoms with Gasteiger partial charge < -0.3 is 10.2 Å². The number of aliphatic carboxylic acids is 1. The van der Waals surface area contributed by atoms with Gasteiger partial charge in [-0.15, -0.1) is 0 Å². The summed E-state index contributed by atoms with van der Waals surface area (Å²) in [5.41, 5.74) is 0. The fourth-order valence-electron chi connectivity index (χ4n) is 2.81. The molecule has 0 aromatic rings. The predicted octanol–water partition coefficient (Wildman–Crippen LogP) is 4.06. The fourth-order valence-corrected chi connectivity index (χ4v) is 2.81. The molecule has 0 bridgehead atoms. The number of rotatable bonds is 12. The molecule has 1 aliphatic rings. The van der Waals surface area contributed by atoms with Crippen molar-refractivity contribution in [3.8, 4) is 0 Å². The Balaban J connectivity index is 2.38. The van der Waals surface area contributed by atoms with Crippen LogP contribution in [0.5, 0.6) is 0 Å². The minimum absolute atomic E-state index is 0.0938. The molecule has 0 saturated carbocycles. The van der Waals surface area contributed by atoms with Crippen LogP contribution >= 0.6 is 0 Å². The van der Waals surface area contributed by atoms with Crippen LogP contribution in [0.2, 0.25) is 0 Å². The summed E-state index contributed by atoms with van der Waals surface area (Å²) in [5.74, 6) is -0.728. The van der Waals surface area contributed by atoms with Crippen LogP contribution in [0.25, 0.3) is 0 Å². The van der Waals surface area contributed by atoms with Crippen molar-refractivity contribution in [1.29, 1.82) is 0 Å². The molecule has 3 atom stereocenters. The number of hydrogen-bond acceptors (Lipinski definition) is 3. The zero-order valence-corrected chi connectivity index (χ0v) is 14.6. The van der Waals surface area contributed by atoms with Gasteiger partial charge in [-0.3, -0.25) is 9.59 Å². The Morgan fingerprint density at radius 3 is 2.79 bits per heavy atom. The lowest BCUT2D eigenvalue weighted by atomic mass is 9.90. The molecule has 0 radical (unpaired) electrons. The largest absolute Gasteiger partial charge is 0.481 e. The van der Waals surface area contributed by atoms with Gasteiger partial charge in [0.15, 0.2) is 5.78 Å². The van der Waals surface area contributed by atoms with E-state index in [-0.39, 0.29) is 24.0 Å². The van der Waals surface area contributed by atoms with Gasteiger partial charge in [0, 0.05) is 12.3 Å². The molecule has 0 fully saturated rings. The van der Waals surface area contributed by atoms with Crippen LogP contribution in [0.1, 0.15) is 58.3 Å². The van der Waals surface area contributed by atoms with E-state index in [2.05, 4.69) is 6.92 Å². The van der Waals surface area contributed by atoms with Gasteiger partial charge in [0.05, 0.1) is 6.10 Å². The maximum absolute atomic E-state index is 12.0. The normalized spacial score (nSPS) is 22.0. The maximum atomic E-state index is 12.0. The number of allylic oxidation sites excluding steroid dienone is 5. The zero-order chi connectivity index (χ0) is 17.8. The van der Waals surface area contributed by atoms with E-state index in [4.69, 9.17) is 5.11 Å². The number of carboxylic acid groups (broad SMARTS) is 1. The Labute approximate surface area is 145 Å². The standard InChI is InChI=1S/C20H30O4/c1-2-3-6-10-17(21)13-14-18-16(12-15-19(18)22)9-7-4-5-8-11-20(23)24/h4,7,12-18,21H,2-3,5-6,8-11H2,1H3,(H,23,24)/b7-4?,14-13+/t16?,17?,18-/m1/s1. The average Bonchev–Trinajstić information content (AvgIpc) is 2.89. The van der Waals surface area contributed by atoms with Crippen LogP contribution in [-0.2, 0) is 9.59 Å². The molecule has 0 aromatic heterocycles. The first-order valence-corrected chi connectivity index (χ1v) is 8.99. The summed E-state index contributed by atoms with van der Waals surface area (Å²) < 4.78 is 0. The van der Waals surface area contributed by atoms with Crippen molar-refractivity contribution in [3.63, 3.8) is 0 Å². The van der Waals surface area contributed by atoms with Crippen LogP contribution in [0.15, 0.2) is 36.5 Å². The van der Waals surface area contributed by atoms with Gasteiger partial charge in [0.1, 0.15) is 0 Å². The van der Waals surface area contributed by atoms with Crippen molar-refractivity contribution < 1.29 is 19.8 Å². The molecule has 0 amide bonds. The Morgan fingerprint density at radius 1 is 1.29 bits per heavy atom. The van der Waals surface area contributed by atoms with Crippen LogP contribution in [0, 0.1) is 11.8 Å². The van der Waals surface area contributed by atoms with Crippen molar-refractivity contribution in [2.45, 2.75) is 64.4 Å². The number of aliphatic hydroxyl groups excluding tert-OH is 1. The smallest absolute Gasteiger partial charge is 0.303 e. The highest BCUT2D eigenvalue weighted by Gasteiger charge is 2.26. The highest BCUT2D eigenvalue weighted by Crippen LogP contribution is 2.27. The Morgan fingerprint density at radius 2 is 2.08 bits per heavy atom. The number of carboxylic acids is 1. The molecule has 2 N–H and O–H groups in total. The summed E-state index contributed by atoms with van der Waals surface area (Å²) >= 11 is 0. The molecular weight excluding hydrogens is 304 g/mol. The monoisotopic (exact) mass is 334 g/mol. The van der Waals surface area contributed by atoms with Crippen LogP contribution in [0.4, 0.5) is 0 Å². The van der Waals surface area contributed by atoms with Gasteiger partial charge in [0.25, 0.3) is 0 Å². The van der Waals surface area contributed by atoms with Gasteiger partial charge in [0.2, 0.25) is 0 Å². The van der Waals surface area contributed by atoms with E-state index in [1.54, 1.807) is 12.2 Å². The minimum Gasteiger partial charge on any atom is -0.481 e. The second kappa shape index (κ2) is 11.8. The lowest BCUT2D eigenvalue weighted by molar-refractivity contribution is -0.137. The first-order chi connectivity index (χ1) is 11.5. The third-order valence-corrected chi connectivity index (χ3v) is 4.28. The predicted molar refractivity (Wildman–Crippen MR) is 95.7 cm³/mol. The van der Waals surface area contributed by atoms with Gasteiger partial charge in [-0.25, -0.2) is 0 Å². The van der Waals surface area contributed by atoms with Gasteiger partial charge >= 0.3 is 5.97 Å². The summed E-state index contributed by atoms with van der Waals surface area (Å²) in [4.78, 5) is 22.4. The SMILES string of the molecule is CCCCCC(O)/C=C/[C@H]1C(=O)C=CC1CC=CCCCC(=O)O. The Kier molecular flexibility index (Phi) is 10.0. The number of carbonyl (C=O) groups excluding carboxylic acids is 1. The molecule has 4 nitrogen and oxygen atoms in total. The van der Waals surface area contributed by atoms with Gasteiger partial charge in [-0.1, -0.05) is 56.6 Å². The van der Waals surface area contributed by atoms with E-state index in [0.29, 0.717) is 6.42 Å². The van der Waals surface area contributed by atoms with Crippen molar-refractivity contribution in [2.75, 3.05) is 0 Å². The highest BCUT2D eigenvalue weighted by molar-refractivity contribution is 5.95. The first kappa shape index (κ1) is 20.4. The molecule has 4 heteroatoms. The molecule has 0 aromatic carbocycles. The summed E-state index contributed by atoms with van der Waals surface area (Å²) in [7, 11) is 0. The molecule has 0 heterocycles. The van der Waals surface area contributed by atoms with E-state index in [1.807, 2.05) is 24.3 Å². The topological polar surface area (TPSA) is 74.6 Å². The molecular formula is C20H30O4. The highest BCUT2D eigenvalue weighted by atomic mass is 16.4. The van der Waals surface area contributed by atoms with Crippen LogP contribution in [0.3, 0.4) is 0 Å². The summed E-state index contributed by atoms with van der Waals surface area (Å²) in [5, 5.41) is 18.5. The Hall–Kier alpha value is -1.68. The molecule has 0 aliphatic heterocycles. The molecule has 0 spiro atoms. The molecule has 1 rings (SSSR count). The van der Waals surface area contributed by atoms with E-state index in [1.165, 1.54) is 0 Å². The van der Waals surface area contributed by atoms with E-state index in [9.17, 15) is 14.7 Å². The van der Waals surface area contributed by atoms with E-state index >= 15 is 0 Å². The van der Waals surface area contributed by atoms with E-state index in [0.717, 1.165) is 38.5 Å².